The summed E-state index contributed by atoms with van der Waals surface area (Å²) in [7, 11) is 1.50. The Morgan fingerprint density at radius 1 is 1.07 bits per heavy atom. The van der Waals surface area contributed by atoms with Crippen LogP contribution in [0.25, 0.3) is 6.08 Å². The van der Waals surface area contributed by atoms with E-state index in [1.165, 1.54) is 24.3 Å². The van der Waals surface area contributed by atoms with Gasteiger partial charge in [0.15, 0.2) is 11.5 Å². The maximum Gasteiger partial charge on any atom is 0.248 e. The van der Waals surface area contributed by atoms with E-state index >= 15 is 0 Å². The second-order valence-corrected chi connectivity index (χ2v) is 9.23. The highest BCUT2D eigenvalue weighted by atomic mass is 16.5. The number of hydrogen-bond donors (Lipinski definition) is 2. The van der Waals surface area contributed by atoms with Gasteiger partial charge in [0.1, 0.15) is 0 Å². The fraction of sp³-hybridized carbons (Fsp3) is 0.400. The Morgan fingerprint density at radius 2 is 1.69 bits per heavy atom. The van der Waals surface area contributed by atoms with Crippen LogP contribution in [0.2, 0.25) is 0 Å². The molecule has 0 heterocycles. The van der Waals surface area contributed by atoms with E-state index < -0.39 is 0 Å². The van der Waals surface area contributed by atoms with Crippen LogP contribution in [0, 0.1) is 6.92 Å². The van der Waals surface area contributed by atoms with Gasteiger partial charge in [0, 0.05) is 11.8 Å². The lowest BCUT2D eigenvalue weighted by Gasteiger charge is -2.42. The molecule has 0 fully saturated rings. The van der Waals surface area contributed by atoms with Gasteiger partial charge < -0.3 is 15.2 Å². The Morgan fingerprint density at radius 3 is 2.31 bits per heavy atom. The number of benzene rings is 2. The highest BCUT2D eigenvalue weighted by Gasteiger charge is 2.37. The van der Waals surface area contributed by atoms with Crippen molar-refractivity contribution >= 4 is 17.7 Å². The van der Waals surface area contributed by atoms with E-state index in [1.54, 1.807) is 24.3 Å². The summed E-state index contributed by atoms with van der Waals surface area (Å²) in [6.07, 6.45) is 5.50. The van der Waals surface area contributed by atoms with Gasteiger partial charge >= 0.3 is 0 Å². The van der Waals surface area contributed by atoms with Crippen LogP contribution in [0.3, 0.4) is 0 Å². The van der Waals surface area contributed by atoms with Crippen LogP contribution in [0.1, 0.15) is 62.8 Å². The average Bonchev–Trinajstić information content (AvgIpc) is 2.66. The second-order valence-electron chi connectivity index (χ2n) is 9.23. The summed E-state index contributed by atoms with van der Waals surface area (Å²) in [6, 6.07) is 9.36. The summed E-state index contributed by atoms with van der Waals surface area (Å²) in [5.74, 6) is 0.264. The summed E-state index contributed by atoms with van der Waals surface area (Å²) in [4.78, 5) is 12.5. The summed E-state index contributed by atoms with van der Waals surface area (Å²) < 4.78 is 5.11. The van der Waals surface area contributed by atoms with Gasteiger partial charge in [-0.3, -0.25) is 4.79 Å². The van der Waals surface area contributed by atoms with Gasteiger partial charge in [0.25, 0.3) is 0 Å². The predicted octanol–water partition coefficient (Wildman–Crippen LogP) is 5.71. The zero-order chi connectivity index (χ0) is 21.4. The molecule has 29 heavy (non-hydrogen) atoms. The number of phenols is 1. The molecule has 4 heteroatoms. The molecule has 0 saturated carbocycles. The Balaban J connectivity index is 1.84. The molecule has 1 amide bonds. The van der Waals surface area contributed by atoms with Crippen molar-refractivity contribution in [2.75, 3.05) is 12.4 Å². The van der Waals surface area contributed by atoms with Crippen LogP contribution in [0.4, 0.5) is 5.69 Å². The first-order chi connectivity index (χ1) is 13.5. The molecular weight excluding hydrogens is 362 g/mol. The van der Waals surface area contributed by atoms with E-state index in [9.17, 15) is 9.90 Å². The molecule has 0 aliphatic heterocycles. The smallest absolute Gasteiger partial charge is 0.248 e. The molecule has 3 rings (SSSR count). The lowest BCUT2D eigenvalue weighted by atomic mass is 9.63. The third-order valence-electron chi connectivity index (χ3n) is 6.09. The van der Waals surface area contributed by atoms with Crippen LogP contribution in [-0.4, -0.2) is 18.1 Å². The minimum Gasteiger partial charge on any atom is -0.504 e. The zero-order valence-corrected chi connectivity index (χ0v) is 18.2. The number of fused-ring (bicyclic) bond motifs is 1. The first-order valence-corrected chi connectivity index (χ1v) is 10.1. The van der Waals surface area contributed by atoms with E-state index in [4.69, 9.17) is 4.74 Å². The van der Waals surface area contributed by atoms with Crippen molar-refractivity contribution in [2.24, 2.45) is 0 Å². The van der Waals surface area contributed by atoms with E-state index in [0.29, 0.717) is 5.75 Å². The predicted molar refractivity (Wildman–Crippen MR) is 119 cm³/mol. The average molecular weight is 394 g/mol. The number of hydrogen-bond acceptors (Lipinski definition) is 3. The topological polar surface area (TPSA) is 58.6 Å². The van der Waals surface area contributed by atoms with Crippen molar-refractivity contribution in [3.8, 4) is 11.5 Å². The number of aryl methyl sites for hydroxylation is 1. The van der Waals surface area contributed by atoms with Gasteiger partial charge in [-0.25, -0.2) is 0 Å². The molecule has 2 N–H and O–H groups in total. The quantitative estimate of drug-likeness (QED) is 0.654. The van der Waals surface area contributed by atoms with Crippen LogP contribution >= 0.6 is 0 Å². The molecule has 0 radical (unpaired) electrons. The van der Waals surface area contributed by atoms with Crippen LogP contribution in [-0.2, 0) is 15.6 Å². The van der Waals surface area contributed by atoms with Gasteiger partial charge in [-0.05, 0) is 77.1 Å². The number of nitrogens with one attached hydrogen (secondary N) is 1. The first kappa shape index (κ1) is 21.0. The van der Waals surface area contributed by atoms with E-state index in [1.807, 2.05) is 6.92 Å². The largest absolute Gasteiger partial charge is 0.504 e. The van der Waals surface area contributed by atoms with Crippen molar-refractivity contribution in [2.45, 2.75) is 58.3 Å². The number of methoxy groups -OCH3 is 1. The van der Waals surface area contributed by atoms with E-state index in [-0.39, 0.29) is 22.5 Å². The minimum absolute atomic E-state index is 0.0734. The monoisotopic (exact) mass is 393 g/mol. The fourth-order valence-electron chi connectivity index (χ4n) is 4.00. The Bertz CT molecular complexity index is 970. The number of rotatable bonds is 4. The van der Waals surface area contributed by atoms with Gasteiger partial charge in [0.05, 0.1) is 7.11 Å². The lowest BCUT2D eigenvalue weighted by Crippen LogP contribution is -2.34. The van der Waals surface area contributed by atoms with Gasteiger partial charge in [-0.2, -0.15) is 0 Å². The van der Waals surface area contributed by atoms with Crippen molar-refractivity contribution in [3.63, 3.8) is 0 Å². The van der Waals surface area contributed by atoms with E-state index in [0.717, 1.165) is 29.7 Å². The van der Waals surface area contributed by atoms with Gasteiger partial charge in [-0.15, -0.1) is 0 Å². The third-order valence-corrected chi connectivity index (χ3v) is 6.09. The maximum atomic E-state index is 12.5. The maximum absolute atomic E-state index is 12.5. The molecule has 1 aliphatic rings. The van der Waals surface area contributed by atoms with Crippen molar-refractivity contribution in [3.05, 3.63) is 58.7 Å². The molecule has 154 valence electrons. The number of carbonyl (C=O) groups is 1. The number of aromatic hydroxyl groups is 1. The standard InChI is InChI=1S/C25H31NO3/c1-16-13-18-19(25(4,5)12-11-24(18,2)3)15-20(16)26-23(28)10-8-17-7-9-21(27)22(14-17)29-6/h7-10,13-15,27H,11-12H2,1-6H3,(H,26,28)/b10-8+. The van der Waals surface area contributed by atoms with E-state index in [2.05, 4.69) is 45.1 Å². The SMILES string of the molecule is COc1cc(/C=C/C(=O)Nc2cc3c(cc2C)C(C)(C)CCC3(C)C)ccc1O. The van der Waals surface area contributed by atoms with Crippen LogP contribution in [0.15, 0.2) is 36.4 Å². The minimum atomic E-state index is -0.187. The first-order valence-electron chi connectivity index (χ1n) is 10.1. The Hall–Kier alpha value is -2.75. The van der Waals surface area contributed by atoms with Gasteiger partial charge in [0.2, 0.25) is 5.91 Å². The van der Waals surface area contributed by atoms with Gasteiger partial charge in [-0.1, -0.05) is 39.8 Å². The second kappa shape index (κ2) is 7.58. The molecule has 2 aromatic rings. The molecule has 0 spiro atoms. The number of amides is 1. The van der Waals surface area contributed by atoms with Crippen molar-refractivity contribution in [1.82, 2.24) is 0 Å². The Labute approximate surface area is 173 Å². The molecule has 0 saturated heterocycles. The number of phenolic OH excluding ortho intramolecular Hbond substituents is 1. The zero-order valence-electron chi connectivity index (χ0n) is 18.2. The summed E-state index contributed by atoms with van der Waals surface area (Å²) in [5, 5.41) is 12.7. The number of ether oxygens (including phenoxy) is 1. The molecule has 4 nitrogen and oxygen atoms in total. The summed E-state index contributed by atoms with van der Waals surface area (Å²) in [6.45, 7) is 11.2. The normalized spacial score (nSPS) is 17.0. The lowest BCUT2D eigenvalue weighted by molar-refractivity contribution is -0.111. The van der Waals surface area contributed by atoms with Crippen molar-refractivity contribution < 1.29 is 14.6 Å². The molecule has 0 unspecified atom stereocenters. The number of anilines is 1. The number of carbonyl (C=O) groups excluding carboxylic acids is 1. The van der Waals surface area contributed by atoms with Crippen LogP contribution in [0.5, 0.6) is 11.5 Å². The fourth-order valence-corrected chi connectivity index (χ4v) is 4.00. The molecule has 0 atom stereocenters. The Kier molecular flexibility index (Phi) is 5.48. The summed E-state index contributed by atoms with van der Waals surface area (Å²) in [5.41, 5.74) is 5.65. The summed E-state index contributed by atoms with van der Waals surface area (Å²) >= 11 is 0. The molecule has 0 bridgehead atoms. The molecular formula is C25H31NO3. The molecule has 2 aromatic carbocycles. The van der Waals surface area contributed by atoms with Crippen molar-refractivity contribution in [1.29, 1.82) is 0 Å². The highest BCUT2D eigenvalue weighted by Crippen LogP contribution is 2.47. The third kappa shape index (κ3) is 4.31. The molecule has 0 aromatic heterocycles. The van der Waals surface area contributed by atoms with Crippen LogP contribution < -0.4 is 10.1 Å². The highest BCUT2D eigenvalue weighted by molar-refractivity contribution is 6.02. The molecule has 1 aliphatic carbocycles.